The molecule has 0 aromatic carbocycles. The van der Waals surface area contributed by atoms with Gasteiger partial charge < -0.3 is 0 Å². The van der Waals surface area contributed by atoms with Crippen molar-refractivity contribution in [1.82, 2.24) is 0 Å². The van der Waals surface area contributed by atoms with Gasteiger partial charge in [-0.1, -0.05) is 59.8 Å². The lowest BCUT2D eigenvalue weighted by molar-refractivity contribution is 0.402. The molecule has 0 N–H and O–H groups in total. The molecule has 0 unspecified atom stereocenters. The summed E-state index contributed by atoms with van der Waals surface area (Å²) in [5, 5.41) is 0. The highest BCUT2D eigenvalue weighted by molar-refractivity contribution is 5.44. The van der Waals surface area contributed by atoms with Crippen molar-refractivity contribution in [2.24, 2.45) is 47.3 Å². The molecule has 0 nitrogen and oxygen atoms in total. The van der Waals surface area contributed by atoms with Crippen molar-refractivity contribution < 1.29 is 0 Å². The van der Waals surface area contributed by atoms with Gasteiger partial charge in [0.05, 0.1) is 0 Å². The molecule has 0 aliphatic heterocycles. The normalized spacial score (nSPS) is 59.2. The van der Waals surface area contributed by atoms with Crippen molar-refractivity contribution in [1.29, 1.82) is 0 Å². The molecule has 6 aliphatic carbocycles. The molecule has 0 spiro atoms. The molecule has 0 saturated heterocycles. The molecule has 0 heteroatoms. The molecule has 0 aromatic rings. The van der Waals surface area contributed by atoms with E-state index in [0.29, 0.717) is 0 Å². The Morgan fingerprint density at radius 1 is 0.550 bits per heavy atom. The Bertz CT molecular complexity index is 585. The topological polar surface area (TPSA) is 0 Å². The van der Waals surface area contributed by atoms with E-state index in [-0.39, 0.29) is 0 Å². The van der Waals surface area contributed by atoms with Crippen molar-refractivity contribution in [2.75, 3.05) is 0 Å². The summed E-state index contributed by atoms with van der Waals surface area (Å²) in [6.07, 6.45) is 22.7. The largest absolute Gasteiger partial charge is 0.0842 e. The van der Waals surface area contributed by atoms with Crippen LogP contribution in [0.4, 0.5) is 0 Å². The highest BCUT2D eigenvalue weighted by Crippen LogP contribution is 2.61. The lowest BCUT2D eigenvalue weighted by Crippen LogP contribution is -2.12. The Kier molecular flexibility index (Phi) is 1.72. The van der Waals surface area contributed by atoms with E-state index in [1.807, 2.05) is 11.1 Å². The molecule has 0 heterocycles. The predicted octanol–water partition coefficient (Wildman–Crippen LogP) is 4.30. The number of allylic oxidation sites excluding steroid dienone is 10. The summed E-state index contributed by atoms with van der Waals surface area (Å²) in [6.45, 7) is 0. The Morgan fingerprint density at radius 2 is 1.00 bits per heavy atom. The molecule has 0 aromatic heterocycles. The second kappa shape index (κ2) is 3.30. The zero-order valence-corrected chi connectivity index (χ0v) is 11.7. The Morgan fingerprint density at radius 3 is 1.50 bits per heavy atom. The van der Waals surface area contributed by atoms with Crippen molar-refractivity contribution in [3.63, 3.8) is 0 Å². The third kappa shape index (κ3) is 1.05. The van der Waals surface area contributed by atoms with E-state index in [1.165, 1.54) is 12.8 Å². The van der Waals surface area contributed by atoms with Crippen molar-refractivity contribution >= 4 is 0 Å². The van der Waals surface area contributed by atoms with Crippen LogP contribution in [0.25, 0.3) is 0 Å². The van der Waals surface area contributed by atoms with Crippen molar-refractivity contribution in [3.8, 4) is 0 Å². The van der Waals surface area contributed by atoms with Gasteiger partial charge in [-0.2, -0.15) is 0 Å². The standard InChI is InChI=1S/C20H20/c1-3-13-9-17(15-7-5-11(1)19(13)15)18-10-14-4-2-12-6-8-16(18)20(12)14/h1-8,11-16,19-20H,9-10H2/b18-17+/t11-,12+,13+,14-,15-,16-,19+,20+/m0/s1. The van der Waals surface area contributed by atoms with Crippen LogP contribution < -0.4 is 0 Å². The van der Waals surface area contributed by atoms with E-state index in [2.05, 4.69) is 48.6 Å². The van der Waals surface area contributed by atoms with E-state index in [0.717, 1.165) is 47.3 Å². The van der Waals surface area contributed by atoms with Gasteiger partial charge in [-0.05, 0) is 48.3 Å². The first-order valence-electron chi connectivity index (χ1n) is 8.35. The number of hydrogen-bond donors (Lipinski definition) is 0. The van der Waals surface area contributed by atoms with Gasteiger partial charge in [-0.3, -0.25) is 0 Å². The number of hydrogen-bond acceptors (Lipinski definition) is 0. The van der Waals surface area contributed by atoms with E-state index in [1.54, 1.807) is 0 Å². The van der Waals surface area contributed by atoms with Crippen molar-refractivity contribution in [3.05, 3.63) is 59.8 Å². The number of rotatable bonds is 0. The zero-order chi connectivity index (χ0) is 12.8. The first kappa shape index (κ1) is 10.4. The molecule has 6 aliphatic rings. The molecular weight excluding hydrogens is 240 g/mol. The minimum absolute atomic E-state index is 0.760. The van der Waals surface area contributed by atoms with Crippen LogP contribution in [0.2, 0.25) is 0 Å². The van der Waals surface area contributed by atoms with Gasteiger partial charge in [0, 0.05) is 11.8 Å². The summed E-state index contributed by atoms with van der Waals surface area (Å²) in [5.74, 6) is 6.57. The fraction of sp³-hybridized carbons (Fsp3) is 0.500. The second-order valence-corrected chi connectivity index (χ2v) is 7.69. The van der Waals surface area contributed by atoms with Crippen LogP contribution in [0.1, 0.15) is 12.8 Å². The predicted molar refractivity (Wildman–Crippen MR) is 80.7 cm³/mol. The first-order chi connectivity index (χ1) is 9.90. The lowest BCUT2D eigenvalue weighted by atomic mass is 9.85. The van der Waals surface area contributed by atoms with Crippen LogP contribution >= 0.6 is 0 Å². The van der Waals surface area contributed by atoms with Crippen LogP contribution in [0, 0.1) is 47.3 Å². The third-order valence-electron chi connectivity index (χ3n) is 7.08. The summed E-state index contributed by atoms with van der Waals surface area (Å²) >= 11 is 0. The maximum Gasteiger partial charge on any atom is 0.00227 e. The maximum atomic E-state index is 2.54. The molecule has 6 rings (SSSR count). The minimum atomic E-state index is 0.760. The fourth-order valence-corrected chi connectivity index (χ4v) is 6.35. The van der Waals surface area contributed by atoms with Gasteiger partial charge in [0.2, 0.25) is 0 Å². The summed E-state index contributed by atoms with van der Waals surface area (Å²) < 4.78 is 0. The van der Waals surface area contributed by atoms with Gasteiger partial charge in [0.15, 0.2) is 0 Å². The molecule has 8 atom stereocenters. The summed E-state index contributed by atoms with van der Waals surface area (Å²) in [6, 6.07) is 0. The monoisotopic (exact) mass is 260 g/mol. The molecule has 2 saturated carbocycles. The van der Waals surface area contributed by atoms with E-state index in [4.69, 9.17) is 0 Å². The van der Waals surface area contributed by atoms with Crippen LogP contribution in [-0.4, -0.2) is 0 Å². The summed E-state index contributed by atoms with van der Waals surface area (Å²) in [7, 11) is 0. The summed E-state index contributed by atoms with van der Waals surface area (Å²) in [4.78, 5) is 0. The highest BCUT2D eigenvalue weighted by Gasteiger charge is 2.51. The zero-order valence-electron chi connectivity index (χ0n) is 11.7. The maximum absolute atomic E-state index is 2.54. The van der Waals surface area contributed by atoms with E-state index < -0.39 is 0 Å². The molecular formula is C20H20. The Balaban J connectivity index is 1.48. The third-order valence-corrected chi connectivity index (χ3v) is 7.08. The van der Waals surface area contributed by atoms with Crippen LogP contribution in [0.15, 0.2) is 59.8 Å². The average Bonchev–Trinajstić information content (AvgIpc) is 3.18. The lowest BCUT2D eigenvalue weighted by Gasteiger charge is -2.19. The quantitative estimate of drug-likeness (QED) is 0.570. The van der Waals surface area contributed by atoms with Crippen LogP contribution in [0.5, 0.6) is 0 Å². The molecule has 100 valence electrons. The van der Waals surface area contributed by atoms with Gasteiger partial charge >= 0.3 is 0 Å². The van der Waals surface area contributed by atoms with Gasteiger partial charge in [0.1, 0.15) is 0 Å². The molecule has 0 radical (unpaired) electrons. The smallest absolute Gasteiger partial charge is 0.00227 e. The fourth-order valence-electron chi connectivity index (χ4n) is 6.35. The van der Waals surface area contributed by atoms with Crippen LogP contribution in [-0.2, 0) is 0 Å². The minimum Gasteiger partial charge on any atom is -0.0842 e. The first-order valence-corrected chi connectivity index (χ1v) is 8.35. The van der Waals surface area contributed by atoms with E-state index >= 15 is 0 Å². The SMILES string of the molecule is C1=C[C@@H]2C/C(=C3/C[C@@H]4C=C[C@@H]5C=C[C@@H]3[C@H]54)[C@@H]3C=C[C@H]1[C@H]23. The van der Waals surface area contributed by atoms with Crippen molar-refractivity contribution in [2.45, 2.75) is 12.8 Å². The van der Waals surface area contributed by atoms with Gasteiger partial charge in [-0.25, -0.2) is 0 Å². The molecule has 2 fully saturated rings. The van der Waals surface area contributed by atoms with Gasteiger partial charge in [0.25, 0.3) is 0 Å². The molecule has 0 amide bonds. The van der Waals surface area contributed by atoms with E-state index in [9.17, 15) is 0 Å². The Labute approximate surface area is 120 Å². The van der Waals surface area contributed by atoms with Gasteiger partial charge in [-0.15, -0.1) is 0 Å². The Hall–Kier alpha value is -1.30. The summed E-state index contributed by atoms with van der Waals surface area (Å²) in [5.41, 5.74) is 3.70. The van der Waals surface area contributed by atoms with Crippen LogP contribution in [0.3, 0.4) is 0 Å². The molecule has 20 heavy (non-hydrogen) atoms. The average molecular weight is 260 g/mol. The highest BCUT2D eigenvalue weighted by atomic mass is 14.6. The molecule has 0 bridgehead atoms. The second-order valence-electron chi connectivity index (χ2n) is 7.69.